The maximum atomic E-state index is 11.5. The quantitative estimate of drug-likeness (QED) is 0.741. The van der Waals surface area contributed by atoms with Gasteiger partial charge in [-0.05, 0) is 50.4 Å². The van der Waals surface area contributed by atoms with E-state index in [0.717, 1.165) is 39.0 Å². The van der Waals surface area contributed by atoms with Gasteiger partial charge in [0.05, 0.1) is 0 Å². The zero-order chi connectivity index (χ0) is 17.8. The average molecular weight is 389 g/mol. The summed E-state index contributed by atoms with van der Waals surface area (Å²) in [6.07, 6.45) is 8.06. The molecule has 0 aromatic rings. The summed E-state index contributed by atoms with van der Waals surface area (Å²) in [5.41, 5.74) is 0. The Bertz CT molecular complexity index is 553. The average Bonchev–Trinajstić information content (AvgIpc) is 3.23. The largest absolute Gasteiger partial charge is 0.331 e. The van der Waals surface area contributed by atoms with Gasteiger partial charge in [0.2, 0.25) is 0 Å². The topological polar surface area (TPSA) is 74.8 Å². The summed E-state index contributed by atoms with van der Waals surface area (Å²) in [6, 6.07) is 0. The van der Waals surface area contributed by atoms with E-state index in [1.54, 1.807) is 9.80 Å². The molecule has 8 heteroatoms. The van der Waals surface area contributed by atoms with Crippen LogP contribution in [0.25, 0.3) is 0 Å². The number of carbonyl (C=O) groups is 2. The summed E-state index contributed by atoms with van der Waals surface area (Å²) < 4.78 is 22.8. The maximum Gasteiger partial charge on any atom is 0.311 e. The van der Waals surface area contributed by atoms with Crippen molar-refractivity contribution in [3.63, 3.8) is 0 Å². The molecule has 2 atom stereocenters. The monoisotopic (exact) mass is 388 g/mol. The van der Waals surface area contributed by atoms with Crippen LogP contribution >= 0.6 is 0 Å². The summed E-state index contributed by atoms with van der Waals surface area (Å²) in [5.74, 6) is 2.35. The Labute approximate surface area is 154 Å². The number of rotatable bonds is 4. The number of carbonyl (C=O) groups excluding carboxylic acids is 2. The van der Waals surface area contributed by atoms with Crippen molar-refractivity contribution in [2.75, 3.05) is 37.7 Å². The molecule has 4 aliphatic rings. The molecule has 2 unspecified atom stereocenters. The molecule has 0 spiro atoms. The third-order valence-corrected chi connectivity index (χ3v) is 8.16. The summed E-state index contributed by atoms with van der Waals surface area (Å²) in [4.78, 5) is 26.1. The van der Waals surface area contributed by atoms with Crippen LogP contribution in [0.3, 0.4) is 0 Å². The zero-order valence-electron chi connectivity index (χ0n) is 14.7. The van der Waals surface area contributed by atoms with Gasteiger partial charge in [-0.15, -0.1) is 0 Å². The van der Waals surface area contributed by atoms with E-state index in [1.807, 2.05) is 0 Å². The fraction of sp³-hybridized carbons (Fsp3) is 0.882. The molecule has 2 aliphatic carbocycles. The van der Waals surface area contributed by atoms with Gasteiger partial charge in [0.15, 0.2) is 0 Å². The second-order valence-electron chi connectivity index (χ2n) is 7.48. The van der Waals surface area contributed by atoms with E-state index in [-0.39, 0.29) is 10.5 Å². The van der Waals surface area contributed by atoms with E-state index in [2.05, 4.69) is 0 Å². The minimum atomic E-state index is -1.24. The van der Waals surface area contributed by atoms with Crippen molar-refractivity contribution in [3.05, 3.63) is 0 Å². The Balaban J connectivity index is 0.000000146. The molecule has 0 radical (unpaired) electrons. The molecule has 142 valence electrons. The van der Waals surface area contributed by atoms with Crippen LogP contribution in [0.1, 0.15) is 44.9 Å². The lowest BCUT2D eigenvalue weighted by molar-refractivity contribution is 0.191. The van der Waals surface area contributed by atoms with Crippen molar-refractivity contribution < 1.29 is 18.0 Å². The van der Waals surface area contributed by atoms with E-state index in [1.165, 1.54) is 32.1 Å². The molecule has 2 heterocycles. The van der Waals surface area contributed by atoms with Gasteiger partial charge in [-0.25, -0.2) is 8.42 Å². The third kappa shape index (κ3) is 5.36. The number of hydrogen-bond donors (Lipinski definition) is 0. The van der Waals surface area contributed by atoms with E-state index in [0.29, 0.717) is 23.3 Å². The van der Waals surface area contributed by atoms with Crippen LogP contribution in [0, 0.1) is 11.8 Å². The maximum absolute atomic E-state index is 11.5. The summed E-state index contributed by atoms with van der Waals surface area (Å²) in [5, 5.41) is -0.258. The van der Waals surface area contributed by atoms with Crippen molar-refractivity contribution >= 4 is 32.1 Å². The molecular formula is C17H28N2O4S2. The van der Waals surface area contributed by atoms with Crippen LogP contribution in [0.2, 0.25) is 0 Å². The fourth-order valence-electron chi connectivity index (χ4n) is 2.80. The number of amides is 2. The molecule has 4 fully saturated rings. The van der Waals surface area contributed by atoms with E-state index in [9.17, 15) is 18.0 Å². The highest BCUT2D eigenvalue weighted by Crippen LogP contribution is 2.30. The molecule has 0 aromatic heterocycles. The molecule has 0 N–H and O–H groups in total. The molecule has 0 aromatic carbocycles. The van der Waals surface area contributed by atoms with Crippen LogP contribution in [-0.2, 0) is 21.6 Å². The van der Waals surface area contributed by atoms with Crippen molar-refractivity contribution in [2.24, 2.45) is 11.8 Å². The van der Waals surface area contributed by atoms with Crippen LogP contribution in [0.4, 0.5) is 9.59 Å². The standard InChI is InChI=1S/C9H15NO2S.C8H13NO2S/c11-9(10-5-2-6-10)13(12)7-8-3-1-4-8;10-8(9-4-1-5-9)12(11)6-7-2-3-7/h8H,1-7H2;7H,1-6H2. The lowest BCUT2D eigenvalue weighted by atomic mass is 9.87. The predicted octanol–water partition coefficient (Wildman–Crippen LogP) is 2.33. The fourth-order valence-corrected chi connectivity index (χ4v) is 5.55. The Morgan fingerprint density at radius 2 is 1.08 bits per heavy atom. The van der Waals surface area contributed by atoms with Gasteiger partial charge in [0.25, 0.3) is 0 Å². The van der Waals surface area contributed by atoms with Gasteiger partial charge < -0.3 is 9.80 Å². The first-order valence-electron chi connectivity index (χ1n) is 9.39. The smallest absolute Gasteiger partial charge is 0.311 e. The van der Waals surface area contributed by atoms with Crippen LogP contribution in [0.5, 0.6) is 0 Å². The zero-order valence-corrected chi connectivity index (χ0v) is 16.3. The second-order valence-corrected chi connectivity index (χ2v) is 10.2. The summed E-state index contributed by atoms with van der Waals surface area (Å²) >= 11 is 0. The highest BCUT2D eigenvalue weighted by Gasteiger charge is 2.31. The molecule has 2 amide bonds. The van der Waals surface area contributed by atoms with Crippen LogP contribution < -0.4 is 0 Å². The van der Waals surface area contributed by atoms with Gasteiger partial charge >= 0.3 is 10.5 Å². The van der Waals surface area contributed by atoms with Crippen molar-refractivity contribution in [3.8, 4) is 0 Å². The van der Waals surface area contributed by atoms with E-state index in [4.69, 9.17) is 0 Å². The molecule has 4 rings (SSSR count). The van der Waals surface area contributed by atoms with Crippen molar-refractivity contribution in [1.29, 1.82) is 0 Å². The normalized spacial score (nSPS) is 24.8. The Kier molecular flexibility index (Phi) is 6.66. The van der Waals surface area contributed by atoms with Gasteiger partial charge in [-0.1, -0.05) is 6.42 Å². The first-order valence-corrected chi connectivity index (χ1v) is 12.0. The number of likely N-dealkylation sites (tertiary alicyclic amines) is 2. The molecule has 2 saturated heterocycles. The Hall–Kier alpha value is -0.760. The summed E-state index contributed by atoms with van der Waals surface area (Å²) in [6.45, 7) is 3.26. The molecular weight excluding hydrogens is 360 g/mol. The van der Waals surface area contributed by atoms with Gasteiger partial charge in [0, 0.05) is 37.7 Å². The van der Waals surface area contributed by atoms with Gasteiger partial charge in [-0.3, -0.25) is 9.59 Å². The van der Waals surface area contributed by atoms with E-state index >= 15 is 0 Å². The van der Waals surface area contributed by atoms with Crippen LogP contribution in [0.15, 0.2) is 0 Å². The van der Waals surface area contributed by atoms with Crippen molar-refractivity contribution in [2.45, 2.75) is 44.9 Å². The molecule has 2 aliphatic heterocycles. The van der Waals surface area contributed by atoms with Crippen molar-refractivity contribution in [1.82, 2.24) is 9.80 Å². The lowest BCUT2D eigenvalue weighted by Gasteiger charge is -2.31. The second kappa shape index (κ2) is 8.75. The molecule has 6 nitrogen and oxygen atoms in total. The number of nitrogens with zero attached hydrogens (tertiary/aromatic N) is 2. The molecule has 25 heavy (non-hydrogen) atoms. The molecule has 0 bridgehead atoms. The minimum absolute atomic E-state index is 0.127. The highest BCUT2D eigenvalue weighted by atomic mass is 32.2. The molecule has 2 saturated carbocycles. The number of hydrogen-bond acceptors (Lipinski definition) is 4. The minimum Gasteiger partial charge on any atom is -0.331 e. The van der Waals surface area contributed by atoms with Gasteiger partial charge in [0.1, 0.15) is 21.6 Å². The Morgan fingerprint density at radius 1 is 0.680 bits per heavy atom. The SMILES string of the molecule is O=C(N1CCC1)S(=O)CC1CC1.O=C(N1CCC1)S(=O)CC1CCC1. The predicted molar refractivity (Wildman–Crippen MR) is 99.3 cm³/mol. The summed E-state index contributed by atoms with van der Waals surface area (Å²) in [7, 11) is -2.46. The lowest BCUT2D eigenvalue weighted by Crippen LogP contribution is -2.44. The Morgan fingerprint density at radius 3 is 1.32 bits per heavy atom. The first kappa shape index (κ1) is 19.0. The van der Waals surface area contributed by atoms with E-state index < -0.39 is 21.6 Å². The highest BCUT2D eigenvalue weighted by molar-refractivity contribution is 8.00. The third-order valence-electron chi connectivity index (χ3n) is 5.31. The van der Waals surface area contributed by atoms with Crippen LogP contribution in [-0.4, -0.2) is 66.4 Å². The first-order chi connectivity index (χ1) is 12.0. The van der Waals surface area contributed by atoms with Gasteiger partial charge in [-0.2, -0.15) is 0 Å².